The van der Waals surface area contributed by atoms with Crippen LogP contribution < -0.4 is 9.04 Å². The van der Waals surface area contributed by atoms with E-state index in [0.29, 0.717) is 23.2 Å². The van der Waals surface area contributed by atoms with Crippen LogP contribution in [0.2, 0.25) is 0 Å². The van der Waals surface area contributed by atoms with Crippen LogP contribution in [-0.4, -0.2) is 25.7 Å². The van der Waals surface area contributed by atoms with Gasteiger partial charge in [-0.25, -0.2) is 8.42 Å². The summed E-state index contributed by atoms with van der Waals surface area (Å²) in [7, 11) is -2.27. The Hall–Kier alpha value is -2.87. The fourth-order valence-electron chi connectivity index (χ4n) is 2.60. The quantitative estimate of drug-likeness (QED) is 0.597. The molecule has 7 nitrogen and oxygen atoms in total. The zero-order valence-corrected chi connectivity index (χ0v) is 17.1. The monoisotopic (exact) mass is 401 g/mol. The predicted molar refractivity (Wildman–Crippen MR) is 106 cm³/mol. The maximum Gasteiger partial charge on any atom is 0.264 e. The van der Waals surface area contributed by atoms with Crippen molar-refractivity contribution >= 4 is 15.7 Å². The molecule has 0 N–H and O–H groups in total. The Labute approximate surface area is 165 Å². The van der Waals surface area contributed by atoms with Gasteiger partial charge in [0.1, 0.15) is 5.75 Å². The van der Waals surface area contributed by atoms with Gasteiger partial charge in [-0.2, -0.15) is 4.98 Å². The zero-order valence-electron chi connectivity index (χ0n) is 16.3. The van der Waals surface area contributed by atoms with Gasteiger partial charge in [0.15, 0.2) is 5.82 Å². The van der Waals surface area contributed by atoms with Crippen LogP contribution in [0.4, 0.5) is 5.69 Å². The highest BCUT2D eigenvalue weighted by Gasteiger charge is 2.27. The molecule has 0 bridgehead atoms. The first-order chi connectivity index (χ1) is 13.3. The lowest BCUT2D eigenvalue weighted by Gasteiger charge is -2.23. The van der Waals surface area contributed by atoms with Gasteiger partial charge in [0, 0.05) is 5.92 Å². The molecule has 0 amide bonds. The summed E-state index contributed by atoms with van der Waals surface area (Å²) in [4.78, 5) is 4.52. The molecule has 1 aromatic heterocycles. The summed E-state index contributed by atoms with van der Waals surface area (Å²) in [6.07, 6.45) is 0. The number of rotatable bonds is 7. The number of methoxy groups -OCH3 is 1. The lowest BCUT2D eigenvalue weighted by molar-refractivity contribution is 0.361. The first-order valence-corrected chi connectivity index (χ1v) is 10.3. The van der Waals surface area contributed by atoms with Gasteiger partial charge in [-0.3, -0.25) is 4.31 Å². The van der Waals surface area contributed by atoms with Crippen molar-refractivity contribution in [1.29, 1.82) is 0 Å². The molecule has 0 spiro atoms. The molecular weight excluding hydrogens is 378 g/mol. The number of hydrogen-bond donors (Lipinski definition) is 0. The number of ether oxygens (including phenoxy) is 1. The fourth-order valence-corrected chi connectivity index (χ4v) is 4.01. The van der Waals surface area contributed by atoms with Gasteiger partial charge < -0.3 is 9.26 Å². The van der Waals surface area contributed by atoms with E-state index in [1.54, 1.807) is 55.6 Å². The maximum atomic E-state index is 13.4. The van der Waals surface area contributed by atoms with Crippen LogP contribution >= 0.6 is 0 Å². The van der Waals surface area contributed by atoms with E-state index < -0.39 is 10.0 Å². The molecule has 0 atom stereocenters. The molecule has 8 heteroatoms. The van der Waals surface area contributed by atoms with E-state index in [-0.39, 0.29) is 17.4 Å². The van der Waals surface area contributed by atoms with Crippen LogP contribution in [0.25, 0.3) is 0 Å². The van der Waals surface area contributed by atoms with Crippen molar-refractivity contribution in [2.45, 2.75) is 38.1 Å². The van der Waals surface area contributed by atoms with Gasteiger partial charge in [-0.1, -0.05) is 36.7 Å². The molecule has 3 aromatic rings. The Morgan fingerprint density at radius 1 is 1.07 bits per heavy atom. The highest BCUT2D eigenvalue weighted by molar-refractivity contribution is 7.92. The smallest absolute Gasteiger partial charge is 0.264 e. The molecular formula is C20H23N3O4S. The van der Waals surface area contributed by atoms with E-state index in [4.69, 9.17) is 9.26 Å². The zero-order chi connectivity index (χ0) is 20.3. The third-order valence-corrected chi connectivity index (χ3v) is 6.02. The Morgan fingerprint density at radius 2 is 1.71 bits per heavy atom. The number of hydrogen-bond acceptors (Lipinski definition) is 6. The van der Waals surface area contributed by atoms with Crippen molar-refractivity contribution in [3.05, 3.63) is 65.8 Å². The molecule has 0 unspecified atom stereocenters. The highest BCUT2D eigenvalue weighted by atomic mass is 32.2. The second kappa shape index (κ2) is 8.02. The number of aromatic nitrogens is 2. The second-order valence-corrected chi connectivity index (χ2v) is 8.59. The van der Waals surface area contributed by atoms with Crippen molar-refractivity contribution in [3.8, 4) is 5.75 Å². The molecule has 2 aromatic carbocycles. The van der Waals surface area contributed by atoms with E-state index >= 15 is 0 Å². The van der Waals surface area contributed by atoms with Gasteiger partial charge in [0.25, 0.3) is 10.0 Å². The Kier molecular flexibility index (Phi) is 5.69. The summed E-state index contributed by atoms with van der Waals surface area (Å²) in [5.74, 6) is 1.47. The Morgan fingerprint density at radius 3 is 2.25 bits per heavy atom. The first kappa shape index (κ1) is 19.9. The Bertz CT molecular complexity index is 1030. The second-order valence-electron chi connectivity index (χ2n) is 6.73. The summed E-state index contributed by atoms with van der Waals surface area (Å²) >= 11 is 0. The number of sulfonamides is 1. The summed E-state index contributed by atoms with van der Waals surface area (Å²) in [6, 6.07) is 13.5. The molecule has 0 radical (unpaired) electrons. The average molecular weight is 401 g/mol. The van der Waals surface area contributed by atoms with E-state index in [9.17, 15) is 8.42 Å². The third kappa shape index (κ3) is 4.17. The summed E-state index contributed by atoms with van der Waals surface area (Å²) in [6.45, 7) is 5.73. The number of anilines is 1. The van der Waals surface area contributed by atoms with Gasteiger partial charge in [0.2, 0.25) is 5.89 Å². The first-order valence-electron chi connectivity index (χ1n) is 8.87. The summed E-state index contributed by atoms with van der Waals surface area (Å²) < 4.78 is 38.4. The fraction of sp³-hybridized carbons (Fsp3) is 0.300. The molecule has 1 heterocycles. The topological polar surface area (TPSA) is 85.5 Å². The van der Waals surface area contributed by atoms with Crippen molar-refractivity contribution in [3.63, 3.8) is 0 Å². The number of benzene rings is 2. The largest absolute Gasteiger partial charge is 0.497 e. The molecule has 148 valence electrons. The lowest BCUT2D eigenvalue weighted by atomic mass is 10.2. The molecule has 0 fully saturated rings. The summed E-state index contributed by atoms with van der Waals surface area (Å²) in [5, 5.41) is 3.94. The van der Waals surface area contributed by atoms with Gasteiger partial charge >= 0.3 is 0 Å². The predicted octanol–water partition coefficient (Wildman–Crippen LogP) is 3.91. The average Bonchev–Trinajstić information content (AvgIpc) is 3.16. The molecule has 0 saturated heterocycles. The van der Waals surface area contributed by atoms with Crippen LogP contribution in [0, 0.1) is 6.92 Å². The van der Waals surface area contributed by atoms with Crippen LogP contribution in [0.5, 0.6) is 5.75 Å². The van der Waals surface area contributed by atoms with Crippen LogP contribution in [0.1, 0.15) is 37.0 Å². The minimum Gasteiger partial charge on any atom is -0.497 e. The van der Waals surface area contributed by atoms with Crippen molar-refractivity contribution < 1.29 is 17.7 Å². The van der Waals surface area contributed by atoms with Crippen LogP contribution in [0.15, 0.2) is 57.9 Å². The molecule has 0 saturated carbocycles. The van der Waals surface area contributed by atoms with E-state index in [1.807, 2.05) is 20.8 Å². The maximum absolute atomic E-state index is 13.4. The standard InChI is InChI=1S/C20H23N3O4S/c1-14(2)20-21-19(22-27-20)13-23(16-7-9-17(26-4)10-8-16)28(24,25)18-11-5-15(3)6-12-18/h5-12,14H,13H2,1-4H3. The SMILES string of the molecule is COc1ccc(N(Cc2noc(C(C)C)n2)S(=O)(=O)c2ccc(C)cc2)cc1. The molecule has 0 aliphatic rings. The molecule has 3 rings (SSSR count). The van der Waals surface area contributed by atoms with Gasteiger partial charge in [-0.05, 0) is 43.3 Å². The highest BCUT2D eigenvalue weighted by Crippen LogP contribution is 2.27. The minimum atomic E-state index is -3.83. The van der Waals surface area contributed by atoms with E-state index in [2.05, 4.69) is 10.1 Å². The van der Waals surface area contributed by atoms with E-state index in [0.717, 1.165) is 5.56 Å². The van der Waals surface area contributed by atoms with Crippen molar-refractivity contribution in [2.75, 3.05) is 11.4 Å². The minimum absolute atomic E-state index is 0.0429. The molecule has 0 aliphatic carbocycles. The Balaban J connectivity index is 2.03. The van der Waals surface area contributed by atoms with Crippen molar-refractivity contribution in [2.24, 2.45) is 0 Å². The van der Waals surface area contributed by atoms with Gasteiger partial charge in [0.05, 0.1) is 24.2 Å². The van der Waals surface area contributed by atoms with Crippen LogP contribution in [-0.2, 0) is 16.6 Å². The summed E-state index contributed by atoms with van der Waals surface area (Å²) in [5.41, 5.74) is 1.46. The normalized spacial score (nSPS) is 11.6. The third-order valence-electron chi connectivity index (χ3n) is 4.23. The van der Waals surface area contributed by atoms with Crippen molar-refractivity contribution in [1.82, 2.24) is 10.1 Å². The van der Waals surface area contributed by atoms with Gasteiger partial charge in [-0.15, -0.1) is 0 Å². The number of nitrogens with zero attached hydrogens (tertiary/aromatic N) is 3. The molecule has 0 aliphatic heterocycles. The lowest BCUT2D eigenvalue weighted by Crippen LogP contribution is -2.31. The van der Waals surface area contributed by atoms with E-state index in [1.165, 1.54) is 4.31 Å². The molecule has 28 heavy (non-hydrogen) atoms. The van der Waals surface area contributed by atoms with Crippen LogP contribution in [0.3, 0.4) is 0 Å². The number of aryl methyl sites for hydroxylation is 1.